The van der Waals surface area contributed by atoms with Crippen LogP contribution in [0, 0.1) is 0 Å². The van der Waals surface area contributed by atoms with Gasteiger partial charge in [-0.25, -0.2) is 0 Å². The number of carbonyl (C=O) groups excluding carboxylic acids is 1. The van der Waals surface area contributed by atoms with Gasteiger partial charge in [-0.05, 0) is 38.5 Å². The lowest BCUT2D eigenvalue weighted by molar-refractivity contribution is -0.122. The zero-order valence-corrected chi connectivity index (χ0v) is 13.7. The van der Waals surface area contributed by atoms with Crippen molar-refractivity contribution in [3.63, 3.8) is 0 Å². The van der Waals surface area contributed by atoms with E-state index in [0.29, 0.717) is 0 Å². The Bertz CT molecular complexity index is 322. The van der Waals surface area contributed by atoms with Crippen molar-refractivity contribution < 1.29 is 4.79 Å². The second-order valence-corrected chi connectivity index (χ2v) is 6.35. The summed E-state index contributed by atoms with van der Waals surface area (Å²) in [4.78, 5) is 13.1. The third-order valence-corrected chi connectivity index (χ3v) is 5.08. The minimum absolute atomic E-state index is 0.00750. The van der Waals surface area contributed by atoms with E-state index in [0.717, 1.165) is 29.2 Å². The van der Waals surface area contributed by atoms with Gasteiger partial charge in [-0.1, -0.05) is 6.92 Å². The fourth-order valence-corrected chi connectivity index (χ4v) is 3.85. The predicted octanol–water partition coefficient (Wildman–Crippen LogP) is 1.70. The predicted molar refractivity (Wildman–Crippen MR) is 86.5 cm³/mol. The van der Waals surface area contributed by atoms with Crippen LogP contribution in [0.25, 0.3) is 0 Å². The number of amides is 1. The van der Waals surface area contributed by atoms with Crippen LogP contribution in [0.3, 0.4) is 0 Å². The molecule has 0 saturated carbocycles. The quantitative estimate of drug-likeness (QED) is 0.564. The van der Waals surface area contributed by atoms with Crippen molar-refractivity contribution in [3.8, 4) is 0 Å². The first kappa shape index (κ1) is 16.7. The van der Waals surface area contributed by atoms with Crippen LogP contribution in [0.4, 0.5) is 0 Å². The van der Waals surface area contributed by atoms with E-state index in [-0.39, 0.29) is 17.3 Å². The Kier molecular flexibility index (Phi) is 7.71. The normalized spacial score (nSPS) is 22.4. The molecule has 0 aromatic heterocycles. The smallest absolute Gasteiger partial charge is 0.243 e. The minimum Gasteiger partial charge on any atom is -0.391 e. The van der Waals surface area contributed by atoms with Gasteiger partial charge in [0.05, 0.1) is 5.37 Å². The second kappa shape index (κ2) is 8.76. The zero-order chi connectivity index (χ0) is 14.3. The molecule has 2 unspecified atom stereocenters. The molecule has 1 aliphatic rings. The molecule has 0 aromatic carbocycles. The average Bonchev–Trinajstić information content (AvgIpc) is 2.42. The molecule has 1 saturated heterocycles. The number of allylic oxidation sites excluding steroid dienone is 1. The number of rotatable bonds is 6. The highest BCUT2D eigenvalue weighted by Crippen LogP contribution is 2.23. The third-order valence-electron chi connectivity index (χ3n) is 3.27. The first-order valence-electron chi connectivity index (χ1n) is 6.83. The molecular weight excluding hydrogens is 278 g/mol. The molecule has 19 heavy (non-hydrogen) atoms. The van der Waals surface area contributed by atoms with E-state index >= 15 is 0 Å². The molecule has 1 fully saturated rings. The van der Waals surface area contributed by atoms with Crippen molar-refractivity contribution in [3.05, 3.63) is 10.6 Å². The second-order valence-electron chi connectivity index (χ2n) is 4.55. The van der Waals surface area contributed by atoms with Crippen molar-refractivity contribution in [1.29, 1.82) is 0 Å². The number of likely N-dealkylation sites (N-methyl/N-ethyl adjacent to an activating group) is 1. The van der Waals surface area contributed by atoms with Crippen LogP contribution in [0.1, 0.15) is 32.6 Å². The number of thioether (sulfide) groups is 1. The summed E-state index contributed by atoms with van der Waals surface area (Å²) in [7, 11) is 3.65. The Morgan fingerprint density at radius 2 is 2.16 bits per heavy atom. The summed E-state index contributed by atoms with van der Waals surface area (Å²) in [5, 5.41) is 9.50. The highest BCUT2D eigenvalue weighted by molar-refractivity contribution is 7.99. The SMILES string of the molecule is CC/C(NC)=C(/S)C(NC)C(=O)NC1CCCCS1. The Morgan fingerprint density at radius 3 is 2.63 bits per heavy atom. The molecule has 0 bridgehead atoms. The van der Waals surface area contributed by atoms with Crippen molar-refractivity contribution in [2.75, 3.05) is 19.8 Å². The van der Waals surface area contributed by atoms with Crippen molar-refractivity contribution in [2.45, 2.75) is 44.0 Å². The van der Waals surface area contributed by atoms with Gasteiger partial charge in [0.1, 0.15) is 6.04 Å². The van der Waals surface area contributed by atoms with E-state index in [4.69, 9.17) is 0 Å². The Labute approximate surface area is 126 Å². The molecule has 3 N–H and O–H groups in total. The fraction of sp³-hybridized carbons (Fsp3) is 0.769. The van der Waals surface area contributed by atoms with Gasteiger partial charge in [0.15, 0.2) is 0 Å². The number of hydrogen-bond acceptors (Lipinski definition) is 5. The van der Waals surface area contributed by atoms with Gasteiger partial charge >= 0.3 is 0 Å². The number of thiol groups is 1. The molecule has 6 heteroatoms. The highest BCUT2D eigenvalue weighted by atomic mass is 32.2. The van der Waals surface area contributed by atoms with Crippen LogP contribution in [0.5, 0.6) is 0 Å². The van der Waals surface area contributed by atoms with E-state index in [1.54, 1.807) is 7.05 Å². The molecule has 2 atom stereocenters. The average molecular weight is 303 g/mol. The van der Waals surface area contributed by atoms with Gasteiger partial charge in [0, 0.05) is 17.6 Å². The van der Waals surface area contributed by atoms with Crippen LogP contribution in [0.15, 0.2) is 10.6 Å². The monoisotopic (exact) mass is 303 g/mol. The molecular formula is C13H25N3OS2. The lowest BCUT2D eigenvalue weighted by atomic mass is 10.1. The molecule has 1 rings (SSSR count). The van der Waals surface area contributed by atoms with E-state index in [2.05, 4.69) is 28.6 Å². The summed E-state index contributed by atoms with van der Waals surface area (Å²) in [6.45, 7) is 2.05. The van der Waals surface area contributed by atoms with Gasteiger partial charge < -0.3 is 16.0 Å². The molecule has 110 valence electrons. The first-order chi connectivity index (χ1) is 9.13. The summed E-state index contributed by atoms with van der Waals surface area (Å²) < 4.78 is 0. The van der Waals surface area contributed by atoms with Gasteiger partial charge in [-0.15, -0.1) is 24.4 Å². The highest BCUT2D eigenvalue weighted by Gasteiger charge is 2.24. The Hall–Kier alpha value is -0.330. The lowest BCUT2D eigenvalue weighted by Crippen LogP contribution is -2.47. The number of carbonyl (C=O) groups is 1. The van der Waals surface area contributed by atoms with Gasteiger partial charge in [0.25, 0.3) is 0 Å². The van der Waals surface area contributed by atoms with E-state index < -0.39 is 0 Å². The summed E-state index contributed by atoms with van der Waals surface area (Å²) >= 11 is 6.34. The van der Waals surface area contributed by atoms with Crippen LogP contribution < -0.4 is 16.0 Å². The van der Waals surface area contributed by atoms with E-state index in [1.807, 2.05) is 25.7 Å². The lowest BCUT2D eigenvalue weighted by Gasteiger charge is -2.26. The van der Waals surface area contributed by atoms with E-state index in [1.165, 1.54) is 12.8 Å². The number of hydrogen-bond donors (Lipinski definition) is 4. The summed E-state index contributed by atoms with van der Waals surface area (Å²) in [5.41, 5.74) is 0.995. The summed E-state index contributed by atoms with van der Waals surface area (Å²) in [6.07, 6.45) is 4.34. The van der Waals surface area contributed by atoms with Crippen LogP contribution >= 0.6 is 24.4 Å². The van der Waals surface area contributed by atoms with Crippen molar-refractivity contribution >= 4 is 30.3 Å². The maximum atomic E-state index is 12.3. The van der Waals surface area contributed by atoms with Gasteiger partial charge in [0.2, 0.25) is 5.91 Å². The Balaban J connectivity index is 2.67. The Morgan fingerprint density at radius 1 is 1.42 bits per heavy atom. The molecule has 0 aliphatic carbocycles. The maximum Gasteiger partial charge on any atom is 0.243 e. The largest absolute Gasteiger partial charge is 0.391 e. The maximum absolute atomic E-state index is 12.3. The van der Waals surface area contributed by atoms with Crippen molar-refractivity contribution in [1.82, 2.24) is 16.0 Å². The van der Waals surface area contributed by atoms with Crippen LogP contribution in [-0.2, 0) is 4.79 Å². The molecule has 0 spiro atoms. The molecule has 0 aromatic rings. The molecule has 1 amide bonds. The third kappa shape index (κ3) is 4.93. The van der Waals surface area contributed by atoms with Crippen molar-refractivity contribution in [2.24, 2.45) is 0 Å². The molecule has 0 radical (unpaired) electrons. The molecule has 1 aliphatic heterocycles. The summed E-state index contributed by atoms with van der Waals surface area (Å²) in [5.74, 6) is 1.14. The van der Waals surface area contributed by atoms with Crippen LogP contribution in [-0.4, -0.2) is 37.2 Å². The standard InChI is InChI=1S/C13H25N3OS2/c1-4-9(14-2)12(18)11(15-3)13(17)16-10-7-5-6-8-19-10/h10-11,14-15,18H,4-8H2,1-3H3,(H,16,17)/b12-9-. The number of nitrogens with one attached hydrogen (secondary N) is 3. The zero-order valence-electron chi connectivity index (χ0n) is 12.0. The minimum atomic E-state index is -0.381. The van der Waals surface area contributed by atoms with E-state index in [9.17, 15) is 4.79 Å². The van der Waals surface area contributed by atoms with Gasteiger partial charge in [-0.3, -0.25) is 4.79 Å². The first-order valence-corrected chi connectivity index (χ1v) is 8.32. The molecule has 1 heterocycles. The molecule has 4 nitrogen and oxygen atoms in total. The topological polar surface area (TPSA) is 53.2 Å². The van der Waals surface area contributed by atoms with Crippen LogP contribution in [0.2, 0.25) is 0 Å². The fourth-order valence-electron chi connectivity index (χ4n) is 2.15. The van der Waals surface area contributed by atoms with Gasteiger partial charge in [-0.2, -0.15) is 0 Å². The summed E-state index contributed by atoms with van der Waals surface area (Å²) in [6, 6.07) is -0.381.